The van der Waals surface area contributed by atoms with Gasteiger partial charge in [-0.05, 0) is 40.0 Å². The third-order valence-electron chi connectivity index (χ3n) is 3.63. The largest absolute Gasteiger partial charge is 0.444 e. The summed E-state index contributed by atoms with van der Waals surface area (Å²) in [7, 11) is 0. The third kappa shape index (κ3) is 5.78. The van der Waals surface area contributed by atoms with E-state index < -0.39 is 11.7 Å². The number of anilines is 1. The molecule has 0 aliphatic heterocycles. The lowest BCUT2D eigenvalue weighted by Crippen LogP contribution is -2.31. The zero-order valence-electron chi connectivity index (χ0n) is 14.5. The van der Waals surface area contributed by atoms with Gasteiger partial charge in [0.1, 0.15) is 11.4 Å². The summed E-state index contributed by atoms with van der Waals surface area (Å²) in [5.74, 6) is 1.17. The van der Waals surface area contributed by atoms with E-state index in [1.807, 2.05) is 20.8 Å². The molecule has 0 aromatic carbocycles. The molecule has 0 atom stereocenters. The van der Waals surface area contributed by atoms with Gasteiger partial charge in [0, 0.05) is 12.5 Å². The monoisotopic (exact) mass is 321 g/mol. The molecule has 1 N–H and O–H groups in total. The number of nitrogens with one attached hydrogen (secondary N) is 1. The van der Waals surface area contributed by atoms with Gasteiger partial charge in [0.25, 0.3) is 0 Å². The number of hydrogen-bond acceptors (Lipinski definition) is 5. The van der Waals surface area contributed by atoms with Crippen LogP contribution >= 0.6 is 0 Å². The number of ether oxygens (including phenoxy) is 2. The minimum absolute atomic E-state index is 0.342. The summed E-state index contributed by atoms with van der Waals surface area (Å²) < 4.78 is 11.0. The SMILES string of the molecule is CCCCOC1CC(c2ncc(NC(=O)OC(C)(C)C)cn2)C1. The molecule has 1 amide bonds. The van der Waals surface area contributed by atoms with Crippen molar-refractivity contribution in [3.63, 3.8) is 0 Å². The molecule has 128 valence electrons. The van der Waals surface area contributed by atoms with E-state index in [0.29, 0.717) is 17.7 Å². The minimum atomic E-state index is -0.524. The quantitative estimate of drug-likeness (QED) is 0.805. The van der Waals surface area contributed by atoms with E-state index >= 15 is 0 Å². The first-order valence-corrected chi connectivity index (χ1v) is 8.31. The molecule has 0 bridgehead atoms. The zero-order valence-corrected chi connectivity index (χ0v) is 14.5. The van der Waals surface area contributed by atoms with Crippen LogP contribution in [0.1, 0.15) is 65.1 Å². The molecule has 1 aromatic heterocycles. The van der Waals surface area contributed by atoms with Crippen LogP contribution in [0.5, 0.6) is 0 Å². The van der Waals surface area contributed by atoms with Crippen LogP contribution in [0.15, 0.2) is 12.4 Å². The zero-order chi connectivity index (χ0) is 16.9. The minimum Gasteiger partial charge on any atom is -0.444 e. The van der Waals surface area contributed by atoms with Gasteiger partial charge in [-0.25, -0.2) is 14.8 Å². The molecular weight excluding hydrogens is 294 g/mol. The van der Waals surface area contributed by atoms with Crippen LogP contribution in [-0.4, -0.2) is 34.4 Å². The number of aromatic nitrogens is 2. The molecule has 1 aliphatic carbocycles. The summed E-state index contributed by atoms with van der Waals surface area (Å²) in [6.45, 7) is 8.46. The second kappa shape index (κ2) is 7.73. The van der Waals surface area contributed by atoms with Crippen molar-refractivity contribution in [1.29, 1.82) is 0 Å². The summed E-state index contributed by atoms with van der Waals surface area (Å²) >= 11 is 0. The molecule has 6 nitrogen and oxygen atoms in total. The highest BCUT2D eigenvalue weighted by molar-refractivity contribution is 5.84. The number of nitrogens with zero attached hydrogens (tertiary/aromatic N) is 2. The van der Waals surface area contributed by atoms with Gasteiger partial charge < -0.3 is 9.47 Å². The summed E-state index contributed by atoms with van der Waals surface area (Å²) in [4.78, 5) is 20.4. The molecule has 2 rings (SSSR count). The molecule has 1 aliphatic rings. The highest BCUT2D eigenvalue weighted by atomic mass is 16.6. The average Bonchev–Trinajstić information content (AvgIpc) is 2.40. The van der Waals surface area contributed by atoms with Crippen molar-refractivity contribution in [3.05, 3.63) is 18.2 Å². The van der Waals surface area contributed by atoms with Crippen LogP contribution in [0.3, 0.4) is 0 Å². The van der Waals surface area contributed by atoms with Crippen molar-refractivity contribution >= 4 is 11.8 Å². The van der Waals surface area contributed by atoms with Gasteiger partial charge in [-0.15, -0.1) is 0 Å². The Bertz CT molecular complexity index is 505. The van der Waals surface area contributed by atoms with Gasteiger partial charge in [0.05, 0.1) is 24.2 Å². The van der Waals surface area contributed by atoms with Crippen LogP contribution in [-0.2, 0) is 9.47 Å². The van der Waals surface area contributed by atoms with Crippen LogP contribution in [0.25, 0.3) is 0 Å². The van der Waals surface area contributed by atoms with E-state index in [1.54, 1.807) is 12.4 Å². The molecule has 0 radical (unpaired) electrons. The first-order chi connectivity index (χ1) is 10.9. The van der Waals surface area contributed by atoms with Crippen LogP contribution < -0.4 is 5.32 Å². The molecular formula is C17H27N3O3. The summed E-state index contributed by atoms with van der Waals surface area (Å²) in [6, 6.07) is 0. The second-order valence-electron chi connectivity index (χ2n) is 6.97. The van der Waals surface area contributed by atoms with Crippen LogP contribution in [0.4, 0.5) is 10.5 Å². The lowest BCUT2D eigenvalue weighted by Gasteiger charge is -2.34. The standard InChI is InChI=1S/C17H27N3O3/c1-5-6-7-22-14-8-12(9-14)15-18-10-13(11-19-15)20-16(21)23-17(2,3)4/h10-12,14H,5-9H2,1-4H3,(H,20,21). The Balaban J connectivity index is 1.76. The smallest absolute Gasteiger partial charge is 0.412 e. The first kappa shape index (κ1) is 17.7. The van der Waals surface area contributed by atoms with E-state index in [9.17, 15) is 4.79 Å². The fourth-order valence-electron chi connectivity index (χ4n) is 2.34. The van der Waals surface area contributed by atoms with Gasteiger partial charge in [0.2, 0.25) is 0 Å². The van der Waals surface area contributed by atoms with Gasteiger partial charge in [-0.2, -0.15) is 0 Å². The Morgan fingerprint density at radius 1 is 1.30 bits per heavy atom. The number of carbonyl (C=O) groups excluding carboxylic acids is 1. The van der Waals surface area contributed by atoms with Gasteiger partial charge in [0.15, 0.2) is 0 Å². The Labute approximate surface area is 138 Å². The fourth-order valence-corrected chi connectivity index (χ4v) is 2.34. The molecule has 1 aromatic rings. The van der Waals surface area contributed by atoms with E-state index in [0.717, 1.165) is 38.1 Å². The number of carbonyl (C=O) groups is 1. The molecule has 1 saturated carbocycles. The Morgan fingerprint density at radius 3 is 2.52 bits per heavy atom. The van der Waals surface area contributed by atoms with Gasteiger partial charge in [-0.3, -0.25) is 5.32 Å². The van der Waals surface area contributed by atoms with Crippen molar-refractivity contribution in [2.75, 3.05) is 11.9 Å². The number of rotatable bonds is 6. The Morgan fingerprint density at radius 2 is 1.96 bits per heavy atom. The Hall–Kier alpha value is -1.69. The van der Waals surface area contributed by atoms with E-state index in [-0.39, 0.29) is 0 Å². The van der Waals surface area contributed by atoms with Gasteiger partial charge in [-0.1, -0.05) is 13.3 Å². The van der Waals surface area contributed by atoms with Crippen molar-refractivity contribution in [2.24, 2.45) is 0 Å². The highest BCUT2D eigenvalue weighted by Crippen LogP contribution is 2.37. The van der Waals surface area contributed by atoms with Gasteiger partial charge >= 0.3 is 6.09 Å². The Kier molecular flexibility index (Phi) is 5.93. The first-order valence-electron chi connectivity index (χ1n) is 8.31. The summed E-state index contributed by atoms with van der Waals surface area (Å²) in [6.07, 6.45) is 7.31. The lowest BCUT2D eigenvalue weighted by atomic mass is 9.81. The van der Waals surface area contributed by atoms with Crippen LogP contribution in [0.2, 0.25) is 0 Å². The predicted molar refractivity (Wildman–Crippen MR) is 88.5 cm³/mol. The molecule has 0 saturated heterocycles. The third-order valence-corrected chi connectivity index (χ3v) is 3.63. The van der Waals surface area contributed by atoms with E-state index in [1.165, 1.54) is 0 Å². The number of hydrogen-bond donors (Lipinski definition) is 1. The maximum Gasteiger partial charge on any atom is 0.412 e. The number of amides is 1. The van der Waals surface area contributed by atoms with Crippen molar-refractivity contribution in [2.45, 2.75) is 71.0 Å². The number of unbranched alkanes of at least 4 members (excludes halogenated alkanes) is 1. The normalized spacial score (nSPS) is 20.7. The summed E-state index contributed by atoms with van der Waals surface area (Å²) in [5, 5.41) is 2.63. The molecule has 0 unspecified atom stereocenters. The molecule has 0 spiro atoms. The lowest BCUT2D eigenvalue weighted by molar-refractivity contribution is -0.0129. The molecule has 1 heterocycles. The topological polar surface area (TPSA) is 73.3 Å². The fraction of sp³-hybridized carbons (Fsp3) is 0.706. The predicted octanol–water partition coefficient (Wildman–Crippen LogP) is 3.89. The van der Waals surface area contributed by atoms with Crippen LogP contribution in [0, 0.1) is 0 Å². The van der Waals surface area contributed by atoms with E-state index in [2.05, 4.69) is 22.2 Å². The molecule has 23 heavy (non-hydrogen) atoms. The highest BCUT2D eigenvalue weighted by Gasteiger charge is 2.32. The maximum atomic E-state index is 11.7. The molecule has 1 fully saturated rings. The van der Waals surface area contributed by atoms with Crippen molar-refractivity contribution < 1.29 is 14.3 Å². The van der Waals surface area contributed by atoms with Crippen molar-refractivity contribution in [3.8, 4) is 0 Å². The van der Waals surface area contributed by atoms with Crippen molar-refractivity contribution in [1.82, 2.24) is 9.97 Å². The summed E-state index contributed by atoms with van der Waals surface area (Å²) in [5.41, 5.74) is 0.0157. The second-order valence-corrected chi connectivity index (χ2v) is 6.97. The molecule has 6 heteroatoms. The maximum absolute atomic E-state index is 11.7. The average molecular weight is 321 g/mol. The van der Waals surface area contributed by atoms with E-state index in [4.69, 9.17) is 9.47 Å².